The van der Waals surface area contributed by atoms with Gasteiger partial charge in [-0.2, -0.15) is 0 Å². The second kappa shape index (κ2) is 9.49. The second-order valence-electron chi connectivity index (χ2n) is 7.05. The molecule has 11 heteroatoms. The standard InChI is InChI=1S/C17H27N5O6/c18-9-14(24)20-10(5-6-13(19)23)15(25)21-7-1-3-11(21)16(26)22-8-2-4-12(22)17(27)28/h10-12H,1-9,18H2,(H2,19,23)(H,20,24)(H,27,28). The minimum Gasteiger partial charge on any atom is -0.480 e. The summed E-state index contributed by atoms with van der Waals surface area (Å²) in [6.45, 7) is 0.326. The molecule has 0 radical (unpaired) electrons. The fraction of sp³-hybridized carbons (Fsp3) is 0.706. The van der Waals surface area contributed by atoms with Crippen LogP contribution in [0.3, 0.4) is 0 Å². The Balaban J connectivity index is 2.14. The van der Waals surface area contributed by atoms with E-state index in [4.69, 9.17) is 11.5 Å². The number of aliphatic carboxylic acids is 1. The van der Waals surface area contributed by atoms with Crippen molar-refractivity contribution >= 4 is 29.6 Å². The minimum absolute atomic E-state index is 0.00121. The summed E-state index contributed by atoms with van der Waals surface area (Å²) in [6.07, 6.45) is 1.87. The van der Waals surface area contributed by atoms with Crippen molar-refractivity contribution in [3.05, 3.63) is 0 Å². The number of nitrogens with zero attached hydrogens (tertiary/aromatic N) is 2. The third-order valence-electron chi connectivity index (χ3n) is 5.14. The Hall–Kier alpha value is -2.69. The lowest BCUT2D eigenvalue weighted by Gasteiger charge is -2.32. The Morgan fingerprint density at radius 1 is 1.04 bits per heavy atom. The molecule has 0 bridgehead atoms. The van der Waals surface area contributed by atoms with Crippen molar-refractivity contribution in [2.24, 2.45) is 11.5 Å². The number of carboxylic acid groups (broad SMARTS) is 1. The van der Waals surface area contributed by atoms with Gasteiger partial charge in [0.05, 0.1) is 6.54 Å². The lowest BCUT2D eigenvalue weighted by atomic mass is 10.1. The fourth-order valence-corrected chi connectivity index (χ4v) is 3.76. The van der Waals surface area contributed by atoms with Crippen molar-refractivity contribution in [1.29, 1.82) is 0 Å². The molecule has 2 aliphatic heterocycles. The Labute approximate surface area is 162 Å². The first-order valence-electron chi connectivity index (χ1n) is 9.37. The number of nitrogens with one attached hydrogen (secondary N) is 1. The van der Waals surface area contributed by atoms with Crippen molar-refractivity contribution in [2.75, 3.05) is 19.6 Å². The van der Waals surface area contributed by atoms with Gasteiger partial charge in [-0.25, -0.2) is 4.79 Å². The maximum Gasteiger partial charge on any atom is 0.326 e. The summed E-state index contributed by atoms with van der Waals surface area (Å²) in [6, 6.07) is -2.68. The van der Waals surface area contributed by atoms with Crippen LogP contribution in [0.4, 0.5) is 0 Å². The van der Waals surface area contributed by atoms with Gasteiger partial charge >= 0.3 is 5.97 Å². The third-order valence-corrected chi connectivity index (χ3v) is 5.14. The van der Waals surface area contributed by atoms with Crippen LogP contribution in [-0.4, -0.2) is 82.3 Å². The summed E-state index contributed by atoms with van der Waals surface area (Å²) >= 11 is 0. The molecule has 4 amide bonds. The summed E-state index contributed by atoms with van der Waals surface area (Å²) < 4.78 is 0. The summed E-state index contributed by atoms with van der Waals surface area (Å²) in [5.41, 5.74) is 10.4. The van der Waals surface area contributed by atoms with E-state index in [0.717, 1.165) is 0 Å². The maximum atomic E-state index is 13.0. The van der Waals surface area contributed by atoms with Crippen molar-refractivity contribution in [2.45, 2.75) is 56.7 Å². The molecule has 6 N–H and O–H groups in total. The SMILES string of the molecule is NCC(=O)NC(CCC(N)=O)C(=O)N1CCCC1C(=O)N1CCCC1C(=O)O. The number of primary amides is 1. The molecule has 156 valence electrons. The lowest BCUT2D eigenvalue weighted by molar-refractivity contribution is -0.152. The molecule has 3 unspecified atom stereocenters. The first-order valence-corrected chi connectivity index (χ1v) is 9.37. The van der Waals surface area contributed by atoms with E-state index in [1.54, 1.807) is 0 Å². The van der Waals surface area contributed by atoms with E-state index in [1.807, 2.05) is 0 Å². The van der Waals surface area contributed by atoms with E-state index in [9.17, 15) is 29.1 Å². The number of nitrogens with two attached hydrogens (primary N) is 2. The molecule has 28 heavy (non-hydrogen) atoms. The zero-order valence-corrected chi connectivity index (χ0v) is 15.6. The van der Waals surface area contributed by atoms with Crippen LogP contribution in [0.2, 0.25) is 0 Å². The molecular formula is C17H27N5O6. The van der Waals surface area contributed by atoms with E-state index < -0.39 is 47.7 Å². The van der Waals surface area contributed by atoms with Crippen LogP contribution >= 0.6 is 0 Å². The monoisotopic (exact) mass is 397 g/mol. The highest BCUT2D eigenvalue weighted by atomic mass is 16.4. The Bertz CT molecular complexity index is 654. The highest BCUT2D eigenvalue weighted by Crippen LogP contribution is 2.26. The summed E-state index contributed by atoms with van der Waals surface area (Å²) in [5.74, 6) is -3.12. The Morgan fingerprint density at radius 3 is 2.21 bits per heavy atom. The molecule has 2 fully saturated rings. The average Bonchev–Trinajstić information content (AvgIpc) is 3.32. The molecule has 0 aromatic carbocycles. The smallest absolute Gasteiger partial charge is 0.326 e. The van der Waals surface area contributed by atoms with Crippen LogP contribution in [0.5, 0.6) is 0 Å². The zero-order valence-electron chi connectivity index (χ0n) is 15.6. The van der Waals surface area contributed by atoms with Gasteiger partial charge in [0, 0.05) is 19.5 Å². The van der Waals surface area contributed by atoms with Crippen molar-refractivity contribution in [1.82, 2.24) is 15.1 Å². The molecule has 3 atom stereocenters. The summed E-state index contributed by atoms with van der Waals surface area (Å²) in [5, 5.41) is 11.8. The van der Waals surface area contributed by atoms with Crippen LogP contribution in [0, 0.1) is 0 Å². The lowest BCUT2D eigenvalue weighted by Crippen LogP contribution is -2.56. The van der Waals surface area contributed by atoms with Gasteiger partial charge in [-0.05, 0) is 32.1 Å². The Morgan fingerprint density at radius 2 is 1.64 bits per heavy atom. The van der Waals surface area contributed by atoms with Gasteiger partial charge in [0.15, 0.2) is 0 Å². The minimum atomic E-state index is -1.06. The summed E-state index contributed by atoms with van der Waals surface area (Å²) in [7, 11) is 0. The van der Waals surface area contributed by atoms with Crippen LogP contribution in [0.1, 0.15) is 38.5 Å². The van der Waals surface area contributed by atoms with Crippen LogP contribution in [-0.2, 0) is 24.0 Å². The second-order valence-corrected chi connectivity index (χ2v) is 7.05. The number of amides is 4. The predicted octanol–water partition coefficient (Wildman–Crippen LogP) is -2.24. The number of rotatable bonds is 8. The van der Waals surface area contributed by atoms with Gasteiger partial charge in [-0.1, -0.05) is 0 Å². The maximum absolute atomic E-state index is 13.0. The molecule has 0 aromatic rings. The van der Waals surface area contributed by atoms with E-state index >= 15 is 0 Å². The van der Waals surface area contributed by atoms with Gasteiger partial charge in [-0.3, -0.25) is 19.2 Å². The van der Waals surface area contributed by atoms with E-state index in [2.05, 4.69) is 5.32 Å². The third kappa shape index (κ3) is 4.97. The quantitative estimate of drug-likeness (QED) is 0.358. The van der Waals surface area contributed by atoms with Crippen molar-refractivity contribution < 1.29 is 29.1 Å². The number of likely N-dealkylation sites (tertiary alicyclic amines) is 2. The van der Waals surface area contributed by atoms with E-state index in [1.165, 1.54) is 9.80 Å². The molecular weight excluding hydrogens is 370 g/mol. The zero-order chi connectivity index (χ0) is 20.8. The number of carbonyl (C=O) groups excluding carboxylic acids is 4. The summed E-state index contributed by atoms with van der Waals surface area (Å²) in [4.78, 5) is 62.7. The van der Waals surface area contributed by atoms with Crippen molar-refractivity contribution in [3.8, 4) is 0 Å². The van der Waals surface area contributed by atoms with Gasteiger partial charge in [-0.15, -0.1) is 0 Å². The van der Waals surface area contributed by atoms with Gasteiger partial charge in [0.25, 0.3) is 0 Å². The van der Waals surface area contributed by atoms with Crippen LogP contribution < -0.4 is 16.8 Å². The molecule has 2 aliphatic rings. The predicted molar refractivity (Wildman–Crippen MR) is 96.5 cm³/mol. The first kappa shape index (κ1) is 21.6. The van der Waals surface area contributed by atoms with E-state index in [-0.39, 0.29) is 19.4 Å². The molecule has 0 saturated carbocycles. The highest BCUT2D eigenvalue weighted by molar-refractivity contribution is 5.94. The number of hydrogen-bond acceptors (Lipinski definition) is 6. The Kier molecular flexibility index (Phi) is 7.32. The molecule has 2 heterocycles. The fourth-order valence-electron chi connectivity index (χ4n) is 3.76. The molecule has 0 aliphatic carbocycles. The largest absolute Gasteiger partial charge is 0.480 e. The average molecular weight is 397 g/mol. The molecule has 11 nitrogen and oxygen atoms in total. The van der Waals surface area contributed by atoms with Gasteiger partial charge < -0.3 is 31.7 Å². The number of carbonyl (C=O) groups is 5. The van der Waals surface area contributed by atoms with Crippen LogP contribution in [0.15, 0.2) is 0 Å². The normalized spacial score (nSPS) is 22.8. The molecule has 0 spiro atoms. The number of hydrogen-bond donors (Lipinski definition) is 4. The first-order chi connectivity index (χ1) is 13.3. The molecule has 2 rings (SSSR count). The van der Waals surface area contributed by atoms with Crippen LogP contribution in [0.25, 0.3) is 0 Å². The highest BCUT2D eigenvalue weighted by Gasteiger charge is 2.43. The molecule has 0 aromatic heterocycles. The topological polar surface area (TPSA) is 176 Å². The molecule has 2 saturated heterocycles. The van der Waals surface area contributed by atoms with Crippen molar-refractivity contribution in [3.63, 3.8) is 0 Å². The van der Waals surface area contributed by atoms with Gasteiger partial charge in [0.1, 0.15) is 18.1 Å². The van der Waals surface area contributed by atoms with E-state index in [0.29, 0.717) is 38.8 Å². The number of carboxylic acids is 1. The van der Waals surface area contributed by atoms with Gasteiger partial charge in [0.2, 0.25) is 23.6 Å².